The van der Waals surface area contributed by atoms with Crippen LogP contribution in [0.3, 0.4) is 0 Å². The molecule has 2 N–H and O–H groups in total. The van der Waals surface area contributed by atoms with Crippen LogP contribution in [0.4, 0.5) is 11.4 Å². The van der Waals surface area contributed by atoms with Crippen LogP contribution < -0.4 is 10.2 Å². The quantitative estimate of drug-likeness (QED) is 0.849. The van der Waals surface area contributed by atoms with Crippen molar-refractivity contribution in [1.29, 1.82) is 0 Å². The number of fused-ring (bicyclic) bond motifs is 1. The number of carboxylic acids is 1. The van der Waals surface area contributed by atoms with E-state index in [1.54, 1.807) is 12.1 Å². The summed E-state index contributed by atoms with van der Waals surface area (Å²) < 4.78 is 0. The highest BCUT2D eigenvalue weighted by Crippen LogP contribution is 2.35. The van der Waals surface area contributed by atoms with Crippen molar-refractivity contribution in [3.8, 4) is 0 Å². The van der Waals surface area contributed by atoms with Gasteiger partial charge in [0, 0.05) is 6.54 Å². The molecular formula is C13H14N2O3. The molecule has 1 aliphatic carbocycles. The van der Waals surface area contributed by atoms with Crippen LogP contribution in [-0.2, 0) is 4.79 Å². The van der Waals surface area contributed by atoms with E-state index in [0.717, 1.165) is 12.2 Å². The largest absolute Gasteiger partial charge is 0.478 e. The minimum Gasteiger partial charge on any atom is -0.478 e. The Balaban J connectivity index is 1.94. The summed E-state index contributed by atoms with van der Waals surface area (Å²) in [6, 6.07) is 4.88. The van der Waals surface area contributed by atoms with Crippen molar-refractivity contribution in [3.63, 3.8) is 0 Å². The molecule has 0 unspecified atom stereocenters. The van der Waals surface area contributed by atoms with Crippen molar-refractivity contribution in [1.82, 2.24) is 0 Å². The van der Waals surface area contributed by atoms with Crippen molar-refractivity contribution < 1.29 is 14.7 Å². The van der Waals surface area contributed by atoms with Gasteiger partial charge < -0.3 is 15.3 Å². The molecule has 1 saturated carbocycles. The van der Waals surface area contributed by atoms with Crippen LogP contribution in [0.1, 0.15) is 23.2 Å². The second kappa shape index (κ2) is 4.01. The fraction of sp³-hybridized carbons (Fsp3) is 0.385. The number of nitrogens with zero attached hydrogens (tertiary/aromatic N) is 1. The summed E-state index contributed by atoms with van der Waals surface area (Å²) in [5, 5.41) is 11.7. The lowest BCUT2D eigenvalue weighted by Gasteiger charge is -2.31. The fourth-order valence-corrected chi connectivity index (χ4v) is 2.27. The molecule has 1 fully saturated rings. The molecule has 3 rings (SSSR count). The van der Waals surface area contributed by atoms with Crippen molar-refractivity contribution in [2.45, 2.75) is 12.8 Å². The number of hydrogen-bond acceptors (Lipinski definition) is 3. The summed E-state index contributed by atoms with van der Waals surface area (Å²) in [5.41, 5.74) is 1.72. The predicted molar refractivity (Wildman–Crippen MR) is 67.0 cm³/mol. The highest BCUT2D eigenvalue weighted by atomic mass is 16.4. The smallest absolute Gasteiger partial charge is 0.335 e. The lowest BCUT2D eigenvalue weighted by atomic mass is 10.1. The number of hydrogen-bond donors (Lipinski definition) is 2. The van der Waals surface area contributed by atoms with E-state index in [2.05, 4.69) is 5.32 Å². The zero-order valence-electron chi connectivity index (χ0n) is 9.85. The maximum absolute atomic E-state index is 11.6. The Morgan fingerprint density at radius 1 is 1.44 bits per heavy atom. The molecule has 1 heterocycles. The molecule has 0 aromatic heterocycles. The van der Waals surface area contributed by atoms with Crippen molar-refractivity contribution in [2.24, 2.45) is 5.92 Å². The maximum Gasteiger partial charge on any atom is 0.335 e. The maximum atomic E-state index is 11.6. The van der Waals surface area contributed by atoms with E-state index in [1.165, 1.54) is 18.9 Å². The number of amides is 1. The van der Waals surface area contributed by atoms with Crippen molar-refractivity contribution in [2.75, 3.05) is 23.3 Å². The van der Waals surface area contributed by atoms with Crippen LogP contribution in [0, 0.1) is 5.92 Å². The highest BCUT2D eigenvalue weighted by Gasteiger charge is 2.29. The van der Waals surface area contributed by atoms with Gasteiger partial charge in [0.1, 0.15) is 0 Å². The van der Waals surface area contributed by atoms with E-state index in [4.69, 9.17) is 5.11 Å². The lowest BCUT2D eigenvalue weighted by molar-refractivity contribution is -0.115. The lowest BCUT2D eigenvalue weighted by Crippen LogP contribution is -2.39. The molecule has 94 valence electrons. The van der Waals surface area contributed by atoms with Gasteiger partial charge in [-0.2, -0.15) is 0 Å². The monoisotopic (exact) mass is 246 g/mol. The highest BCUT2D eigenvalue weighted by molar-refractivity contribution is 6.03. The van der Waals surface area contributed by atoms with Crippen LogP contribution in [0.2, 0.25) is 0 Å². The molecule has 5 heteroatoms. The number of anilines is 2. The number of aromatic carboxylic acids is 1. The molecule has 1 aliphatic heterocycles. The molecule has 2 aliphatic rings. The third-order valence-corrected chi connectivity index (χ3v) is 3.37. The van der Waals surface area contributed by atoms with E-state index in [9.17, 15) is 9.59 Å². The van der Waals surface area contributed by atoms with Gasteiger partial charge in [0.25, 0.3) is 0 Å². The molecule has 0 saturated heterocycles. The Morgan fingerprint density at radius 2 is 2.22 bits per heavy atom. The van der Waals surface area contributed by atoms with Crippen LogP contribution in [0.15, 0.2) is 18.2 Å². The van der Waals surface area contributed by atoms with Gasteiger partial charge in [-0.3, -0.25) is 4.79 Å². The van der Waals surface area contributed by atoms with Crippen LogP contribution in [-0.4, -0.2) is 30.1 Å². The molecule has 18 heavy (non-hydrogen) atoms. The van der Waals surface area contributed by atoms with E-state index < -0.39 is 5.97 Å². The van der Waals surface area contributed by atoms with E-state index in [0.29, 0.717) is 18.2 Å². The number of nitrogens with one attached hydrogen (secondary N) is 1. The summed E-state index contributed by atoms with van der Waals surface area (Å²) in [5.74, 6) is -0.375. The summed E-state index contributed by atoms with van der Waals surface area (Å²) in [6.07, 6.45) is 2.45. The first-order valence-electron chi connectivity index (χ1n) is 6.05. The Bertz CT molecular complexity index is 523. The molecular weight excluding hydrogens is 232 g/mol. The van der Waals surface area contributed by atoms with Gasteiger partial charge >= 0.3 is 5.97 Å². The second-order valence-electron chi connectivity index (χ2n) is 4.91. The topological polar surface area (TPSA) is 69.6 Å². The SMILES string of the molecule is O=C1CN(CC2CC2)c2ccc(C(=O)O)cc2N1. The number of carbonyl (C=O) groups is 2. The second-order valence-corrected chi connectivity index (χ2v) is 4.91. The first kappa shape index (κ1) is 11.1. The van der Waals surface area contributed by atoms with Crippen LogP contribution in [0.5, 0.6) is 0 Å². The number of benzene rings is 1. The van der Waals surface area contributed by atoms with E-state index >= 15 is 0 Å². The summed E-state index contributed by atoms with van der Waals surface area (Å²) in [7, 11) is 0. The summed E-state index contributed by atoms with van der Waals surface area (Å²) in [4.78, 5) is 24.6. The average Bonchev–Trinajstić information content (AvgIpc) is 3.11. The Labute approximate surface area is 104 Å². The van der Waals surface area contributed by atoms with Crippen LogP contribution in [0.25, 0.3) is 0 Å². The first-order chi connectivity index (χ1) is 8.63. The molecule has 1 aromatic carbocycles. The number of carboxylic acid groups (broad SMARTS) is 1. The summed E-state index contributed by atoms with van der Waals surface area (Å²) in [6.45, 7) is 1.24. The zero-order chi connectivity index (χ0) is 12.7. The minimum atomic E-state index is -0.980. The molecule has 0 atom stereocenters. The number of rotatable bonds is 3. The van der Waals surface area contributed by atoms with Crippen LogP contribution >= 0.6 is 0 Å². The van der Waals surface area contributed by atoms with Gasteiger partial charge in [-0.1, -0.05) is 0 Å². The average molecular weight is 246 g/mol. The Morgan fingerprint density at radius 3 is 2.89 bits per heavy atom. The van der Waals surface area contributed by atoms with E-state index in [-0.39, 0.29) is 11.5 Å². The zero-order valence-corrected chi connectivity index (χ0v) is 9.85. The molecule has 1 aromatic rings. The van der Waals surface area contributed by atoms with Gasteiger partial charge in [-0.15, -0.1) is 0 Å². The number of carbonyl (C=O) groups excluding carboxylic acids is 1. The molecule has 0 bridgehead atoms. The van der Waals surface area contributed by atoms with Crippen molar-refractivity contribution >= 4 is 23.3 Å². The third-order valence-electron chi connectivity index (χ3n) is 3.37. The van der Waals surface area contributed by atoms with Gasteiger partial charge in [0.05, 0.1) is 23.5 Å². The minimum absolute atomic E-state index is 0.0781. The van der Waals surface area contributed by atoms with Crippen molar-refractivity contribution in [3.05, 3.63) is 23.8 Å². The fourth-order valence-electron chi connectivity index (χ4n) is 2.27. The molecule has 0 radical (unpaired) electrons. The standard InChI is InChI=1S/C13H14N2O3/c16-12-7-15(6-8-1-2-8)11-4-3-9(13(17)18)5-10(11)14-12/h3-5,8H,1-2,6-7H2,(H,14,16)(H,17,18). The van der Waals surface area contributed by atoms with E-state index in [1.807, 2.05) is 4.90 Å². The normalized spacial score (nSPS) is 18.2. The van der Waals surface area contributed by atoms with Gasteiger partial charge in [-0.05, 0) is 37.0 Å². The predicted octanol–water partition coefficient (Wildman–Crippen LogP) is 1.55. The Hall–Kier alpha value is -2.04. The molecule has 1 amide bonds. The van der Waals surface area contributed by atoms with Gasteiger partial charge in [0.2, 0.25) is 5.91 Å². The first-order valence-corrected chi connectivity index (χ1v) is 6.05. The Kier molecular flexibility index (Phi) is 2.47. The van der Waals surface area contributed by atoms with Gasteiger partial charge in [0.15, 0.2) is 0 Å². The third kappa shape index (κ3) is 2.03. The molecule has 5 nitrogen and oxygen atoms in total. The summed E-state index contributed by atoms with van der Waals surface area (Å²) >= 11 is 0. The molecule has 0 spiro atoms. The van der Waals surface area contributed by atoms with Gasteiger partial charge in [-0.25, -0.2) is 4.79 Å².